The fourth-order valence-corrected chi connectivity index (χ4v) is 2.68. The Morgan fingerprint density at radius 1 is 1.38 bits per heavy atom. The lowest BCUT2D eigenvalue weighted by molar-refractivity contribution is -0.131. The van der Waals surface area contributed by atoms with Gasteiger partial charge in [-0.2, -0.15) is 0 Å². The average Bonchev–Trinajstić information content (AvgIpc) is 2.82. The highest BCUT2D eigenvalue weighted by Crippen LogP contribution is 2.34. The second kappa shape index (κ2) is 3.99. The second-order valence-electron chi connectivity index (χ2n) is 4.18. The average molecular weight is 246 g/mol. The molecule has 1 saturated carbocycles. The van der Waals surface area contributed by atoms with E-state index in [0.717, 1.165) is 24.2 Å². The summed E-state index contributed by atoms with van der Waals surface area (Å²) in [5.74, 6) is 1.12. The van der Waals surface area contributed by atoms with Crippen LogP contribution in [0.1, 0.15) is 32.1 Å². The maximum absolute atomic E-state index is 11.8. The summed E-state index contributed by atoms with van der Waals surface area (Å²) in [5.41, 5.74) is 0. The van der Waals surface area contributed by atoms with E-state index >= 15 is 0 Å². The molecule has 1 heterocycles. The fourth-order valence-electron chi connectivity index (χ4n) is 2.01. The molecule has 13 heavy (non-hydrogen) atoms. The van der Waals surface area contributed by atoms with Crippen molar-refractivity contribution in [3.8, 4) is 0 Å². The lowest BCUT2D eigenvalue weighted by Crippen LogP contribution is -2.36. The first-order valence-electron chi connectivity index (χ1n) is 5.16. The lowest BCUT2D eigenvalue weighted by atomic mass is 10.2. The number of carbonyl (C=O) groups is 1. The molecular weight excluding hydrogens is 230 g/mol. The minimum Gasteiger partial charge on any atom is -0.339 e. The molecule has 74 valence electrons. The van der Waals surface area contributed by atoms with Crippen molar-refractivity contribution in [3.63, 3.8) is 0 Å². The van der Waals surface area contributed by atoms with E-state index in [2.05, 4.69) is 20.8 Å². The van der Waals surface area contributed by atoms with Crippen LogP contribution >= 0.6 is 15.9 Å². The number of likely N-dealkylation sites (tertiary alicyclic amines) is 1. The van der Waals surface area contributed by atoms with Crippen molar-refractivity contribution in [2.75, 3.05) is 11.9 Å². The smallest absolute Gasteiger partial charge is 0.223 e. The van der Waals surface area contributed by atoms with E-state index in [0.29, 0.717) is 11.9 Å². The molecule has 0 aromatic heterocycles. The maximum Gasteiger partial charge on any atom is 0.223 e. The summed E-state index contributed by atoms with van der Waals surface area (Å²) in [6.07, 6.45) is 5.73. The van der Waals surface area contributed by atoms with Gasteiger partial charge in [-0.3, -0.25) is 4.79 Å². The largest absolute Gasteiger partial charge is 0.339 e. The van der Waals surface area contributed by atoms with Gasteiger partial charge in [0, 0.05) is 24.3 Å². The van der Waals surface area contributed by atoms with Crippen LogP contribution in [0.15, 0.2) is 0 Å². The molecule has 0 bridgehead atoms. The monoisotopic (exact) mass is 245 g/mol. The van der Waals surface area contributed by atoms with E-state index in [4.69, 9.17) is 0 Å². The van der Waals surface area contributed by atoms with Crippen LogP contribution in [-0.2, 0) is 4.79 Å². The standard InChI is InChI=1S/C10H16BrNO/c11-7-9-2-1-5-12(9)10(13)6-8-3-4-8/h8-9H,1-7H2. The number of halogens is 1. The lowest BCUT2D eigenvalue weighted by Gasteiger charge is -2.22. The molecular formula is C10H16BrNO. The number of hydrogen-bond acceptors (Lipinski definition) is 1. The summed E-state index contributed by atoms with van der Waals surface area (Å²) in [6, 6.07) is 0.478. The van der Waals surface area contributed by atoms with Crippen molar-refractivity contribution in [1.82, 2.24) is 4.90 Å². The molecule has 1 saturated heterocycles. The molecule has 1 atom stereocenters. The molecule has 0 N–H and O–H groups in total. The summed E-state index contributed by atoms with van der Waals surface area (Å²) in [4.78, 5) is 13.8. The van der Waals surface area contributed by atoms with Crippen LogP contribution in [0.25, 0.3) is 0 Å². The van der Waals surface area contributed by atoms with Gasteiger partial charge in [0.15, 0.2) is 0 Å². The van der Waals surface area contributed by atoms with E-state index in [1.165, 1.54) is 25.7 Å². The summed E-state index contributed by atoms with van der Waals surface area (Å²) in [7, 11) is 0. The van der Waals surface area contributed by atoms with Crippen molar-refractivity contribution < 1.29 is 4.79 Å². The third kappa shape index (κ3) is 2.25. The molecule has 0 radical (unpaired) electrons. The summed E-state index contributed by atoms with van der Waals surface area (Å²) < 4.78 is 0. The third-order valence-electron chi connectivity index (χ3n) is 3.04. The number of rotatable bonds is 3. The van der Waals surface area contributed by atoms with Gasteiger partial charge < -0.3 is 4.90 Å². The molecule has 0 spiro atoms. The van der Waals surface area contributed by atoms with Gasteiger partial charge >= 0.3 is 0 Å². The highest BCUT2D eigenvalue weighted by atomic mass is 79.9. The van der Waals surface area contributed by atoms with E-state index in [1.807, 2.05) is 0 Å². The minimum absolute atomic E-state index is 0.393. The Morgan fingerprint density at radius 3 is 2.77 bits per heavy atom. The first kappa shape index (κ1) is 9.50. The van der Waals surface area contributed by atoms with Crippen LogP contribution in [-0.4, -0.2) is 28.7 Å². The van der Waals surface area contributed by atoms with Gasteiger partial charge in [-0.25, -0.2) is 0 Å². The van der Waals surface area contributed by atoms with Crippen molar-refractivity contribution >= 4 is 21.8 Å². The maximum atomic E-state index is 11.8. The minimum atomic E-state index is 0.393. The zero-order chi connectivity index (χ0) is 9.26. The second-order valence-corrected chi connectivity index (χ2v) is 4.83. The van der Waals surface area contributed by atoms with Gasteiger partial charge in [0.05, 0.1) is 0 Å². The van der Waals surface area contributed by atoms with Crippen molar-refractivity contribution in [2.45, 2.75) is 38.1 Å². The van der Waals surface area contributed by atoms with Gasteiger partial charge in [0.2, 0.25) is 5.91 Å². The van der Waals surface area contributed by atoms with Crippen LogP contribution in [0, 0.1) is 5.92 Å². The van der Waals surface area contributed by atoms with Gasteiger partial charge in [0.1, 0.15) is 0 Å². The Kier molecular flexibility index (Phi) is 2.92. The van der Waals surface area contributed by atoms with Crippen LogP contribution in [0.4, 0.5) is 0 Å². The molecule has 1 aliphatic carbocycles. The predicted octanol–water partition coefficient (Wildman–Crippen LogP) is 2.17. The Labute approximate surface area is 87.8 Å². The number of nitrogens with zero attached hydrogens (tertiary/aromatic N) is 1. The SMILES string of the molecule is O=C(CC1CC1)N1CCCC1CBr. The Morgan fingerprint density at radius 2 is 2.15 bits per heavy atom. The highest BCUT2D eigenvalue weighted by molar-refractivity contribution is 9.09. The Balaban J connectivity index is 1.86. The summed E-state index contributed by atoms with van der Waals surface area (Å²) in [6.45, 7) is 0.988. The Hall–Kier alpha value is -0.0500. The first-order chi connectivity index (χ1) is 6.31. The zero-order valence-corrected chi connectivity index (χ0v) is 9.42. The van der Waals surface area contributed by atoms with Crippen molar-refractivity contribution in [3.05, 3.63) is 0 Å². The van der Waals surface area contributed by atoms with Crippen LogP contribution in [0.3, 0.4) is 0 Å². The normalized spacial score (nSPS) is 28.1. The summed E-state index contributed by atoms with van der Waals surface area (Å²) >= 11 is 3.47. The molecule has 0 aromatic carbocycles. The van der Waals surface area contributed by atoms with Crippen LogP contribution < -0.4 is 0 Å². The number of carbonyl (C=O) groups excluding carboxylic acids is 1. The van der Waals surface area contributed by atoms with Gasteiger partial charge in [-0.1, -0.05) is 15.9 Å². The third-order valence-corrected chi connectivity index (χ3v) is 3.78. The number of hydrogen-bond donors (Lipinski definition) is 0. The van der Waals surface area contributed by atoms with E-state index in [-0.39, 0.29) is 0 Å². The molecule has 1 aliphatic heterocycles. The molecule has 1 amide bonds. The zero-order valence-electron chi connectivity index (χ0n) is 7.84. The molecule has 2 aliphatic rings. The topological polar surface area (TPSA) is 20.3 Å². The van der Waals surface area contributed by atoms with Gasteiger partial charge in [-0.15, -0.1) is 0 Å². The fraction of sp³-hybridized carbons (Fsp3) is 0.900. The van der Waals surface area contributed by atoms with Crippen LogP contribution in [0.2, 0.25) is 0 Å². The number of alkyl halides is 1. The molecule has 0 aromatic rings. The van der Waals surface area contributed by atoms with E-state index in [9.17, 15) is 4.79 Å². The summed E-state index contributed by atoms with van der Waals surface area (Å²) in [5, 5.41) is 0.948. The Bertz CT molecular complexity index is 203. The van der Waals surface area contributed by atoms with Gasteiger partial charge in [0.25, 0.3) is 0 Å². The predicted molar refractivity (Wildman–Crippen MR) is 55.9 cm³/mol. The molecule has 1 unspecified atom stereocenters. The number of amides is 1. The quantitative estimate of drug-likeness (QED) is 0.699. The highest BCUT2D eigenvalue weighted by Gasteiger charge is 2.32. The van der Waals surface area contributed by atoms with Crippen LogP contribution in [0.5, 0.6) is 0 Å². The van der Waals surface area contributed by atoms with E-state index in [1.54, 1.807) is 0 Å². The van der Waals surface area contributed by atoms with Gasteiger partial charge in [-0.05, 0) is 31.6 Å². The van der Waals surface area contributed by atoms with Crippen molar-refractivity contribution in [2.24, 2.45) is 5.92 Å². The molecule has 3 heteroatoms. The first-order valence-corrected chi connectivity index (χ1v) is 6.29. The van der Waals surface area contributed by atoms with E-state index < -0.39 is 0 Å². The molecule has 2 nitrogen and oxygen atoms in total. The van der Waals surface area contributed by atoms with Crippen molar-refractivity contribution in [1.29, 1.82) is 0 Å². The molecule has 2 fully saturated rings. The molecule has 2 rings (SSSR count).